The Balaban J connectivity index is 1.95. The van der Waals surface area contributed by atoms with Gasteiger partial charge in [0.15, 0.2) is 0 Å². The van der Waals surface area contributed by atoms with Crippen molar-refractivity contribution in [1.29, 1.82) is 0 Å². The van der Waals surface area contributed by atoms with Crippen LogP contribution in [0, 0.1) is 12.8 Å². The lowest BCUT2D eigenvalue weighted by Crippen LogP contribution is -2.37. The molecule has 0 aliphatic heterocycles. The molecule has 72 valence electrons. The van der Waals surface area contributed by atoms with Gasteiger partial charge < -0.3 is 5.73 Å². The molecule has 1 aliphatic carbocycles. The predicted octanol–water partition coefficient (Wildman–Crippen LogP) is 1.01. The summed E-state index contributed by atoms with van der Waals surface area (Å²) in [4.78, 5) is 0. The molecule has 0 amide bonds. The number of hydrogen-bond donors (Lipinski definition) is 1. The lowest BCUT2D eigenvalue weighted by Gasteiger charge is -2.31. The van der Waals surface area contributed by atoms with Crippen molar-refractivity contribution >= 4 is 0 Å². The quantitative estimate of drug-likeness (QED) is 0.736. The maximum absolute atomic E-state index is 5.73. The second kappa shape index (κ2) is 3.14. The minimum atomic E-state index is 0.454. The highest BCUT2D eigenvalue weighted by atomic mass is 15.3. The normalized spacial score (nSPS) is 27.3. The molecule has 0 atom stereocenters. The van der Waals surface area contributed by atoms with Crippen LogP contribution >= 0.6 is 0 Å². The Bertz CT molecular complexity index is 278. The molecule has 1 aromatic heterocycles. The van der Waals surface area contributed by atoms with Gasteiger partial charge in [-0.25, -0.2) is 0 Å². The molecule has 2 rings (SSSR count). The summed E-state index contributed by atoms with van der Waals surface area (Å²) in [6.45, 7) is 2.09. The third-order valence-corrected chi connectivity index (χ3v) is 2.93. The Morgan fingerprint density at radius 2 is 2.31 bits per heavy atom. The van der Waals surface area contributed by atoms with E-state index in [1.54, 1.807) is 0 Å². The van der Waals surface area contributed by atoms with E-state index in [1.807, 2.05) is 11.7 Å². The standard InChI is InChI=1S/C10H17N3/c1-7-3-10(12-13(7)2)6-8-4-9(11)5-8/h3,8-9H,4-6,11H2,1-2H3. The van der Waals surface area contributed by atoms with Crippen molar-refractivity contribution in [3.05, 3.63) is 17.5 Å². The summed E-state index contributed by atoms with van der Waals surface area (Å²) in [5, 5.41) is 4.43. The van der Waals surface area contributed by atoms with E-state index in [1.165, 1.54) is 24.2 Å². The summed E-state index contributed by atoms with van der Waals surface area (Å²) in [7, 11) is 1.99. The first-order chi connectivity index (χ1) is 6.15. The average Bonchev–Trinajstić information content (AvgIpc) is 2.28. The fraction of sp³-hybridized carbons (Fsp3) is 0.700. The van der Waals surface area contributed by atoms with Crippen LogP contribution in [-0.2, 0) is 13.5 Å². The Labute approximate surface area is 78.9 Å². The number of hydrogen-bond acceptors (Lipinski definition) is 2. The molecule has 0 radical (unpaired) electrons. The zero-order valence-corrected chi connectivity index (χ0v) is 8.33. The van der Waals surface area contributed by atoms with E-state index >= 15 is 0 Å². The van der Waals surface area contributed by atoms with Gasteiger partial charge in [0.2, 0.25) is 0 Å². The third kappa shape index (κ3) is 1.75. The largest absolute Gasteiger partial charge is 0.328 e. The molecular formula is C10H17N3. The fourth-order valence-electron chi connectivity index (χ4n) is 1.98. The summed E-state index contributed by atoms with van der Waals surface area (Å²) < 4.78 is 1.94. The van der Waals surface area contributed by atoms with Crippen LogP contribution in [0.4, 0.5) is 0 Å². The van der Waals surface area contributed by atoms with Gasteiger partial charge in [0.1, 0.15) is 0 Å². The van der Waals surface area contributed by atoms with Crippen molar-refractivity contribution in [2.45, 2.75) is 32.2 Å². The van der Waals surface area contributed by atoms with Gasteiger partial charge in [-0.05, 0) is 38.2 Å². The first-order valence-corrected chi connectivity index (χ1v) is 4.90. The van der Waals surface area contributed by atoms with Crippen molar-refractivity contribution < 1.29 is 0 Å². The zero-order valence-electron chi connectivity index (χ0n) is 8.33. The highest BCUT2D eigenvalue weighted by molar-refractivity contribution is 5.10. The van der Waals surface area contributed by atoms with E-state index in [0.29, 0.717) is 6.04 Å². The number of rotatable bonds is 2. The third-order valence-electron chi connectivity index (χ3n) is 2.93. The monoisotopic (exact) mass is 179 g/mol. The maximum atomic E-state index is 5.73. The second-order valence-electron chi connectivity index (χ2n) is 4.20. The molecule has 0 unspecified atom stereocenters. The Hall–Kier alpha value is -0.830. The minimum Gasteiger partial charge on any atom is -0.328 e. The Morgan fingerprint density at radius 3 is 2.77 bits per heavy atom. The van der Waals surface area contributed by atoms with E-state index in [9.17, 15) is 0 Å². The smallest absolute Gasteiger partial charge is 0.0630 e. The van der Waals surface area contributed by atoms with Gasteiger partial charge in [0.05, 0.1) is 5.69 Å². The van der Waals surface area contributed by atoms with Crippen LogP contribution in [0.5, 0.6) is 0 Å². The van der Waals surface area contributed by atoms with Gasteiger partial charge in [0, 0.05) is 18.8 Å². The first kappa shape index (κ1) is 8.75. The van der Waals surface area contributed by atoms with Crippen molar-refractivity contribution in [3.63, 3.8) is 0 Å². The fourth-order valence-corrected chi connectivity index (χ4v) is 1.98. The molecule has 1 fully saturated rings. The molecule has 0 saturated heterocycles. The Kier molecular flexibility index (Phi) is 2.12. The summed E-state index contributed by atoms with van der Waals surface area (Å²) in [5.41, 5.74) is 8.19. The molecule has 1 saturated carbocycles. The molecule has 0 bridgehead atoms. The average molecular weight is 179 g/mol. The molecule has 3 heteroatoms. The van der Waals surface area contributed by atoms with Gasteiger partial charge >= 0.3 is 0 Å². The van der Waals surface area contributed by atoms with Crippen LogP contribution in [0.1, 0.15) is 24.2 Å². The highest BCUT2D eigenvalue weighted by Crippen LogP contribution is 2.28. The van der Waals surface area contributed by atoms with E-state index in [4.69, 9.17) is 5.73 Å². The molecule has 0 spiro atoms. The number of nitrogens with zero attached hydrogens (tertiary/aromatic N) is 2. The SMILES string of the molecule is Cc1cc(CC2CC(N)C2)nn1C. The van der Waals surface area contributed by atoms with Gasteiger partial charge in [-0.3, -0.25) is 4.68 Å². The van der Waals surface area contributed by atoms with E-state index in [-0.39, 0.29) is 0 Å². The Morgan fingerprint density at radius 1 is 1.62 bits per heavy atom. The van der Waals surface area contributed by atoms with Crippen molar-refractivity contribution in [2.75, 3.05) is 0 Å². The summed E-state index contributed by atoms with van der Waals surface area (Å²) in [6.07, 6.45) is 3.46. The van der Waals surface area contributed by atoms with E-state index in [0.717, 1.165) is 12.3 Å². The number of aryl methyl sites for hydroxylation is 2. The molecule has 13 heavy (non-hydrogen) atoms. The molecule has 2 N–H and O–H groups in total. The van der Waals surface area contributed by atoms with Gasteiger partial charge in [-0.15, -0.1) is 0 Å². The lowest BCUT2D eigenvalue weighted by atomic mass is 9.78. The van der Waals surface area contributed by atoms with Crippen molar-refractivity contribution in [3.8, 4) is 0 Å². The molecule has 1 aliphatic rings. The number of nitrogens with two attached hydrogens (primary N) is 1. The second-order valence-corrected chi connectivity index (χ2v) is 4.20. The van der Waals surface area contributed by atoms with Crippen LogP contribution < -0.4 is 5.73 Å². The molecule has 1 aromatic rings. The van der Waals surface area contributed by atoms with Crippen molar-refractivity contribution in [1.82, 2.24) is 9.78 Å². The highest BCUT2D eigenvalue weighted by Gasteiger charge is 2.26. The topological polar surface area (TPSA) is 43.8 Å². The van der Waals surface area contributed by atoms with Gasteiger partial charge in [-0.2, -0.15) is 5.10 Å². The summed E-state index contributed by atoms with van der Waals surface area (Å²) in [5.74, 6) is 0.782. The first-order valence-electron chi connectivity index (χ1n) is 4.90. The molecular weight excluding hydrogens is 162 g/mol. The van der Waals surface area contributed by atoms with E-state index < -0.39 is 0 Å². The van der Waals surface area contributed by atoms with Crippen molar-refractivity contribution in [2.24, 2.45) is 18.7 Å². The minimum absolute atomic E-state index is 0.454. The molecule has 1 heterocycles. The zero-order chi connectivity index (χ0) is 9.42. The van der Waals surface area contributed by atoms with E-state index in [2.05, 4.69) is 18.1 Å². The lowest BCUT2D eigenvalue weighted by molar-refractivity contribution is 0.262. The molecule has 3 nitrogen and oxygen atoms in total. The van der Waals surface area contributed by atoms with Crippen LogP contribution in [0.3, 0.4) is 0 Å². The maximum Gasteiger partial charge on any atom is 0.0630 e. The van der Waals surface area contributed by atoms with Gasteiger partial charge in [-0.1, -0.05) is 0 Å². The summed E-state index contributed by atoms with van der Waals surface area (Å²) >= 11 is 0. The molecule has 0 aromatic carbocycles. The number of aromatic nitrogens is 2. The van der Waals surface area contributed by atoms with Crippen LogP contribution in [0.2, 0.25) is 0 Å². The van der Waals surface area contributed by atoms with Crippen LogP contribution in [0.25, 0.3) is 0 Å². The predicted molar refractivity (Wildman–Crippen MR) is 52.3 cm³/mol. The summed E-state index contributed by atoms with van der Waals surface area (Å²) in [6, 6.07) is 2.62. The van der Waals surface area contributed by atoms with Crippen LogP contribution in [0.15, 0.2) is 6.07 Å². The van der Waals surface area contributed by atoms with Crippen LogP contribution in [-0.4, -0.2) is 15.8 Å². The van der Waals surface area contributed by atoms with Gasteiger partial charge in [0.25, 0.3) is 0 Å².